The Morgan fingerprint density at radius 2 is 1.66 bits per heavy atom. The summed E-state index contributed by atoms with van der Waals surface area (Å²) in [5.74, 6) is -1.07. The van der Waals surface area contributed by atoms with Gasteiger partial charge in [0, 0.05) is 19.4 Å². The Morgan fingerprint density at radius 1 is 1.03 bits per heavy atom. The molecule has 2 aromatic rings. The van der Waals surface area contributed by atoms with Gasteiger partial charge in [0.1, 0.15) is 0 Å². The number of carbonyl (C=O) groups excluding carboxylic acids is 3. The molecule has 1 saturated heterocycles. The number of rotatable bonds is 7. The van der Waals surface area contributed by atoms with E-state index in [1.54, 1.807) is 12.1 Å². The number of imide groups is 1. The van der Waals surface area contributed by atoms with Crippen LogP contribution in [-0.4, -0.2) is 32.7 Å². The van der Waals surface area contributed by atoms with Crippen molar-refractivity contribution in [3.05, 3.63) is 66.7 Å². The first kappa shape index (κ1) is 20.3. The molecule has 1 aliphatic rings. The first-order valence-electron chi connectivity index (χ1n) is 8.80. The number of carbonyl (C=O) groups is 3. The van der Waals surface area contributed by atoms with Crippen molar-refractivity contribution < 1.29 is 22.8 Å². The van der Waals surface area contributed by atoms with Crippen molar-refractivity contribution in [2.75, 3.05) is 16.2 Å². The van der Waals surface area contributed by atoms with Crippen LogP contribution in [0.3, 0.4) is 0 Å². The van der Waals surface area contributed by atoms with E-state index < -0.39 is 15.9 Å². The molecule has 3 rings (SSSR count). The zero-order valence-electron chi connectivity index (χ0n) is 15.4. The fourth-order valence-electron chi connectivity index (χ4n) is 2.87. The van der Waals surface area contributed by atoms with Crippen LogP contribution < -0.4 is 14.9 Å². The lowest BCUT2D eigenvalue weighted by Gasteiger charge is -2.15. The van der Waals surface area contributed by atoms with Gasteiger partial charge in [0.15, 0.2) is 0 Å². The molecule has 0 saturated carbocycles. The van der Waals surface area contributed by atoms with Crippen molar-refractivity contribution in [1.29, 1.82) is 0 Å². The molecule has 8 nitrogen and oxygen atoms in total. The fraction of sp³-hybridized carbons (Fsp3) is 0.150. The maximum absolute atomic E-state index is 12.7. The van der Waals surface area contributed by atoms with E-state index in [0.29, 0.717) is 5.69 Å². The van der Waals surface area contributed by atoms with E-state index >= 15 is 0 Å². The fourth-order valence-corrected chi connectivity index (χ4v) is 3.95. The van der Waals surface area contributed by atoms with Crippen LogP contribution in [0, 0.1) is 0 Å². The summed E-state index contributed by atoms with van der Waals surface area (Å²) in [6.07, 6.45) is 1.80. The molecule has 0 spiro atoms. The lowest BCUT2D eigenvalue weighted by atomic mass is 10.1. The van der Waals surface area contributed by atoms with Crippen LogP contribution in [0.2, 0.25) is 0 Å². The Bertz CT molecular complexity index is 1060. The first-order valence-corrected chi connectivity index (χ1v) is 10.3. The van der Waals surface area contributed by atoms with Crippen LogP contribution in [0.25, 0.3) is 0 Å². The number of sulfonamides is 1. The predicted molar refractivity (Wildman–Crippen MR) is 108 cm³/mol. The molecule has 9 heteroatoms. The van der Waals surface area contributed by atoms with Gasteiger partial charge in [0.25, 0.3) is 15.9 Å². The molecule has 0 bridgehead atoms. The maximum Gasteiger partial charge on any atom is 0.261 e. The Balaban J connectivity index is 1.84. The molecular weight excluding hydrogens is 394 g/mol. The highest BCUT2D eigenvalue weighted by Gasteiger charge is 2.30. The summed E-state index contributed by atoms with van der Waals surface area (Å²) in [7, 11) is -4.00. The minimum Gasteiger partial charge on any atom is -0.349 e. The first-order chi connectivity index (χ1) is 13.8. The average Bonchev–Trinajstić information content (AvgIpc) is 3.04. The molecule has 0 unspecified atom stereocenters. The van der Waals surface area contributed by atoms with Gasteiger partial charge < -0.3 is 5.32 Å². The van der Waals surface area contributed by atoms with Crippen molar-refractivity contribution in [3.8, 4) is 0 Å². The molecule has 2 aromatic carbocycles. The third-order valence-corrected chi connectivity index (χ3v) is 5.66. The molecule has 1 aliphatic heterocycles. The van der Waals surface area contributed by atoms with Crippen LogP contribution in [0.4, 0.5) is 11.4 Å². The van der Waals surface area contributed by atoms with Crippen molar-refractivity contribution in [3.63, 3.8) is 0 Å². The monoisotopic (exact) mass is 413 g/mol. The molecule has 0 aliphatic carbocycles. The Kier molecular flexibility index (Phi) is 5.79. The maximum atomic E-state index is 12.7. The van der Waals surface area contributed by atoms with E-state index in [4.69, 9.17) is 0 Å². The highest BCUT2D eigenvalue weighted by atomic mass is 32.2. The molecule has 2 N–H and O–H groups in total. The van der Waals surface area contributed by atoms with E-state index in [2.05, 4.69) is 16.6 Å². The van der Waals surface area contributed by atoms with Crippen LogP contribution >= 0.6 is 0 Å². The molecule has 150 valence electrons. The molecule has 0 aromatic heterocycles. The topological polar surface area (TPSA) is 113 Å². The number of hydrogen-bond donors (Lipinski definition) is 2. The molecule has 3 amide bonds. The number of amides is 3. The summed E-state index contributed by atoms with van der Waals surface area (Å²) in [6, 6.07) is 11.6. The molecule has 0 atom stereocenters. The van der Waals surface area contributed by atoms with Crippen molar-refractivity contribution in [2.45, 2.75) is 17.7 Å². The largest absolute Gasteiger partial charge is 0.349 e. The van der Waals surface area contributed by atoms with Gasteiger partial charge in [-0.2, -0.15) is 0 Å². The molecular formula is C20H19N3O5S. The van der Waals surface area contributed by atoms with Crippen molar-refractivity contribution in [2.24, 2.45) is 0 Å². The number of para-hydroxylation sites is 1. The number of nitrogens with one attached hydrogen (secondary N) is 2. The number of hydrogen-bond acceptors (Lipinski definition) is 5. The molecule has 0 radical (unpaired) electrons. The van der Waals surface area contributed by atoms with E-state index in [1.165, 1.54) is 42.5 Å². The summed E-state index contributed by atoms with van der Waals surface area (Å²) >= 11 is 0. The van der Waals surface area contributed by atoms with Gasteiger partial charge in [-0.25, -0.2) is 8.42 Å². The van der Waals surface area contributed by atoms with Crippen LogP contribution in [0.15, 0.2) is 66.1 Å². The van der Waals surface area contributed by atoms with Gasteiger partial charge in [-0.05, 0) is 36.4 Å². The Hall–Kier alpha value is -3.46. The lowest BCUT2D eigenvalue weighted by Crippen LogP contribution is -2.28. The van der Waals surface area contributed by atoms with Crippen molar-refractivity contribution in [1.82, 2.24) is 5.32 Å². The van der Waals surface area contributed by atoms with Gasteiger partial charge in [0.05, 0.1) is 21.8 Å². The van der Waals surface area contributed by atoms with Crippen LogP contribution in [0.1, 0.15) is 23.2 Å². The predicted octanol–water partition coefficient (Wildman–Crippen LogP) is 2.06. The average molecular weight is 413 g/mol. The molecule has 1 fully saturated rings. The van der Waals surface area contributed by atoms with Gasteiger partial charge in [-0.15, -0.1) is 6.58 Å². The lowest BCUT2D eigenvalue weighted by molar-refractivity contribution is -0.121. The second-order valence-corrected chi connectivity index (χ2v) is 7.95. The second-order valence-electron chi connectivity index (χ2n) is 6.27. The molecule has 1 heterocycles. The minimum absolute atomic E-state index is 0.0679. The summed E-state index contributed by atoms with van der Waals surface area (Å²) in [5, 5.41) is 2.60. The van der Waals surface area contributed by atoms with E-state index in [1.807, 2.05) is 0 Å². The summed E-state index contributed by atoms with van der Waals surface area (Å²) in [4.78, 5) is 36.8. The number of benzene rings is 2. The van der Waals surface area contributed by atoms with Gasteiger partial charge in [-0.3, -0.25) is 24.0 Å². The molecule has 29 heavy (non-hydrogen) atoms. The van der Waals surface area contributed by atoms with Gasteiger partial charge in [-0.1, -0.05) is 18.2 Å². The Morgan fingerprint density at radius 3 is 2.28 bits per heavy atom. The minimum atomic E-state index is -4.00. The van der Waals surface area contributed by atoms with E-state index in [0.717, 1.165) is 4.90 Å². The zero-order chi connectivity index (χ0) is 21.0. The zero-order valence-corrected chi connectivity index (χ0v) is 16.2. The summed E-state index contributed by atoms with van der Waals surface area (Å²) in [6.45, 7) is 3.77. The highest BCUT2D eigenvalue weighted by Crippen LogP contribution is 2.25. The quantitative estimate of drug-likeness (QED) is 0.533. The van der Waals surface area contributed by atoms with Crippen LogP contribution in [-0.2, 0) is 19.6 Å². The van der Waals surface area contributed by atoms with E-state index in [-0.39, 0.29) is 47.3 Å². The third-order valence-electron chi connectivity index (χ3n) is 4.28. The second kappa shape index (κ2) is 8.27. The highest BCUT2D eigenvalue weighted by molar-refractivity contribution is 7.92. The number of nitrogens with zero attached hydrogens (tertiary/aromatic N) is 1. The third kappa shape index (κ3) is 4.35. The Labute approximate surface area is 168 Å². The standard InChI is InChI=1S/C20H19N3O5S/c1-2-13-21-20(26)16-5-3-4-6-17(16)22-29(27,28)15-9-7-14(8-10-15)23-18(24)11-12-19(23)25/h2-10,22H,1,11-13H2,(H,21,26). The SMILES string of the molecule is C=CCNC(=O)c1ccccc1NS(=O)(=O)c1ccc(N2C(=O)CCC2=O)cc1. The van der Waals surface area contributed by atoms with Gasteiger partial charge in [0.2, 0.25) is 11.8 Å². The smallest absolute Gasteiger partial charge is 0.261 e. The number of anilines is 2. The normalized spacial score (nSPS) is 14.0. The van der Waals surface area contributed by atoms with Crippen LogP contribution in [0.5, 0.6) is 0 Å². The van der Waals surface area contributed by atoms with Crippen molar-refractivity contribution >= 4 is 39.1 Å². The summed E-state index contributed by atoms with van der Waals surface area (Å²) in [5.41, 5.74) is 0.617. The van der Waals surface area contributed by atoms with E-state index in [9.17, 15) is 22.8 Å². The van der Waals surface area contributed by atoms with Gasteiger partial charge >= 0.3 is 0 Å². The summed E-state index contributed by atoms with van der Waals surface area (Å²) < 4.78 is 27.9.